The number of carbonyl (C=O) groups is 1. The Bertz CT molecular complexity index is 653. The van der Waals surface area contributed by atoms with E-state index in [1.807, 2.05) is 28.5 Å². The summed E-state index contributed by atoms with van der Waals surface area (Å²) in [6, 6.07) is 9.89. The Labute approximate surface area is 128 Å². The van der Waals surface area contributed by atoms with Crippen molar-refractivity contribution in [1.29, 1.82) is 0 Å². The van der Waals surface area contributed by atoms with E-state index < -0.39 is 0 Å². The standard InChI is InChI=1S/C16H18N2O2S/c1-20-12-8-15(21-10-12)16(19)18-9-11(6-7-17)13-4-2-3-5-14(13)18/h2-5,8,10-11H,6-7,9,17H2,1H3. The molecule has 0 radical (unpaired) electrons. The fourth-order valence-electron chi connectivity index (χ4n) is 2.81. The molecule has 1 aromatic carbocycles. The van der Waals surface area contributed by atoms with Crippen LogP contribution in [0.2, 0.25) is 0 Å². The Balaban J connectivity index is 1.90. The molecular formula is C16H18N2O2S. The highest BCUT2D eigenvalue weighted by Crippen LogP contribution is 2.39. The van der Waals surface area contributed by atoms with E-state index in [9.17, 15) is 4.79 Å². The normalized spacial score (nSPS) is 16.9. The second kappa shape index (κ2) is 5.87. The van der Waals surface area contributed by atoms with Gasteiger partial charge < -0.3 is 15.4 Å². The molecule has 2 aromatic rings. The molecule has 1 amide bonds. The number of anilines is 1. The van der Waals surface area contributed by atoms with Gasteiger partial charge >= 0.3 is 0 Å². The number of carbonyl (C=O) groups excluding carboxylic acids is 1. The molecule has 0 spiro atoms. The van der Waals surface area contributed by atoms with E-state index in [-0.39, 0.29) is 5.91 Å². The number of methoxy groups -OCH3 is 1. The van der Waals surface area contributed by atoms with Gasteiger partial charge in [0.15, 0.2) is 0 Å². The third kappa shape index (κ3) is 2.54. The molecule has 5 heteroatoms. The zero-order valence-corrected chi connectivity index (χ0v) is 12.7. The Morgan fingerprint density at radius 3 is 3.00 bits per heavy atom. The van der Waals surface area contributed by atoms with Gasteiger partial charge in [-0.25, -0.2) is 0 Å². The molecule has 21 heavy (non-hydrogen) atoms. The van der Waals surface area contributed by atoms with Crippen molar-refractivity contribution in [2.75, 3.05) is 25.1 Å². The summed E-state index contributed by atoms with van der Waals surface area (Å²) in [7, 11) is 1.61. The highest BCUT2D eigenvalue weighted by molar-refractivity contribution is 7.12. The number of ether oxygens (including phenoxy) is 1. The molecule has 3 rings (SSSR count). The molecule has 0 bridgehead atoms. The van der Waals surface area contributed by atoms with Gasteiger partial charge in [0, 0.05) is 29.6 Å². The monoisotopic (exact) mass is 302 g/mol. The highest BCUT2D eigenvalue weighted by Gasteiger charge is 2.32. The smallest absolute Gasteiger partial charge is 0.268 e. The van der Waals surface area contributed by atoms with Crippen LogP contribution in [-0.4, -0.2) is 26.1 Å². The summed E-state index contributed by atoms with van der Waals surface area (Å²) in [6.45, 7) is 1.34. The first kappa shape index (κ1) is 14.1. The largest absolute Gasteiger partial charge is 0.496 e. The third-order valence-corrected chi connectivity index (χ3v) is 4.75. The molecule has 1 aliphatic rings. The molecule has 1 atom stereocenters. The lowest BCUT2D eigenvalue weighted by Crippen LogP contribution is -2.29. The maximum Gasteiger partial charge on any atom is 0.268 e. The van der Waals surface area contributed by atoms with Crippen LogP contribution in [0.25, 0.3) is 0 Å². The molecular weight excluding hydrogens is 284 g/mol. The third-order valence-electron chi connectivity index (χ3n) is 3.85. The lowest BCUT2D eigenvalue weighted by Gasteiger charge is -2.16. The summed E-state index contributed by atoms with van der Waals surface area (Å²) in [4.78, 5) is 15.3. The van der Waals surface area contributed by atoms with Crippen LogP contribution in [0, 0.1) is 0 Å². The van der Waals surface area contributed by atoms with Gasteiger partial charge in [-0.3, -0.25) is 4.79 Å². The number of nitrogens with two attached hydrogens (primary N) is 1. The molecule has 0 aliphatic carbocycles. The summed E-state index contributed by atoms with van der Waals surface area (Å²) < 4.78 is 5.16. The molecule has 1 aliphatic heterocycles. The van der Waals surface area contributed by atoms with E-state index in [1.54, 1.807) is 13.2 Å². The first-order valence-electron chi connectivity index (χ1n) is 6.98. The first-order valence-corrected chi connectivity index (χ1v) is 7.86. The van der Waals surface area contributed by atoms with Crippen LogP contribution in [0.1, 0.15) is 27.6 Å². The molecule has 110 valence electrons. The Kier molecular flexibility index (Phi) is 3.94. The van der Waals surface area contributed by atoms with Gasteiger partial charge in [0.1, 0.15) is 5.75 Å². The molecule has 0 fully saturated rings. The van der Waals surface area contributed by atoms with Crippen molar-refractivity contribution in [2.45, 2.75) is 12.3 Å². The van der Waals surface area contributed by atoms with E-state index in [4.69, 9.17) is 10.5 Å². The van der Waals surface area contributed by atoms with E-state index in [0.717, 1.165) is 17.9 Å². The molecule has 1 unspecified atom stereocenters. The molecule has 2 heterocycles. The zero-order valence-electron chi connectivity index (χ0n) is 11.9. The fourth-order valence-corrected chi connectivity index (χ4v) is 3.61. The van der Waals surface area contributed by atoms with Crippen LogP contribution < -0.4 is 15.4 Å². The number of para-hydroxylation sites is 1. The van der Waals surface area contributed by atoms with E-state index >= 15 is 0 Å². The number of rotatable bonds is 4. The summed E-state index contributed by atoms with van der Waals surface area (Å²) >= 11 is 1.42. The summed E-state index contributed by atoms with van der Waals surface area (Å²) in [5.41, 5.74) is 7.93. The van der Waals surface area contributed by atoms with Crippen molar-refractivity contribution in [2.24, 2.45) is 5.73 Å². The van der Waals surface area contributed by atoms with Gasteiger partial charge in [-0.05, 0) is 24.6 Å². The Morgan fingerprint density at radius 2 is 2.29 bits per heavy atom. The van der Waals surface area contributed by atoms with Crippen LogP contribution >= 0.6 is 11.3 Å². The highest BCUT2D eigenvalue weighted by atomic mass is 32.1. The maximum atomic E-state index is 12.7. The van der Waals surface area contributed by atoms with E-state index in [2.05, 4.69) is 6.07 Å². The number of benzene rings is 1. The van der Waals surface area contributed by atoms with Gasteiger partial charge in [0.2, 0.25) is 0 Å². The number of hydrogen-bond acceptors (Lipinski definition) is 4. The molecule has 1 aromatic heterocycles. The second-order valence-electron chi connectivity index (χ2n) is 5.10. The van der Waals surface area contributed by atoms with Crippen molar-refractivity contribution in [3.05, 3.63) is 46.2 Å². The number of nitrogens with zero attached hydrogens (tertiary/aromatic N) is 1. The number of thiophene rings is 1. The van der Waals surface area contributed by atoms with Gasteiger partial charge in [0.05, 0.1) is 12.0 Å². The first-order chi connectivity index (χ1) is 10.2. The van der Waals surface area contributed by atoms with Gasteiger partial charge in [0.25, 0.3) is 5.91 Å². The molecule has 0 saturated carbocycles. The second-order valence-corrected chi connectivity index (χ2v) is 6.01. The number of hydrogen-bond donors (Lipinski definition) is 1. The predicted molar refractivity (Wildman–Crippen MR) is 85.4 cm³/mol. The van der Waals surface area contributed by atoms with Gasteiger partial charge in [-0.15, -0.1) is 11.3 Å². The van der Waals surface area contributed by atoms with Crippen LogP contribution in [-0.2, 0) is 0 Å². The summed E-state index contributed by atoms with van der Waals surface area (Å²) in [6.07, 6.45) is 0.897. The quantitative estimate of drug-likeness (QED) is 0.945. The van der Waals surface area contributed by atoms with Crippen molar-refractivity contribution >= 4 is 22.9 Å². The number of amides is 1. The van der Waals surface area contributed by atoms with E-state index in [0.29, 0.717) is 23.9 Å². The van der Waals surface area contributed by atoms with Crippen LogP contribution in [0.3, 0.4) is 0 Å². The topological polar surface area (TPSA) is 55.6 Å². The number of fused-ring (bicyclic) bond motifs is 1. The van der Waals surface area contributed by atoms with E-state index in [1.165, 1.54) is 16.9 Å². The maximum absolute atomic E-state index is 12.7. The van der Waals surface area contributed by atoms with Crippen LogP contribution in [0.5, 0.6) is 5.75 Å². The minimum Gasteiger partial charge on any atom is -0.496 e. The summed E-state index contributed by atoms with van der Waals surface area (Å²) in [5.74, 6) is 1.10. The van der Waals surface area contributed by atoms with Crippen molar-refractivity contribution in [1.82, 2.24) is 0 Å². The lowest BCUT2D eigenvalue weighted by atomic mass is 9.98. The Morgan fingerprint density at radius 1 is 1.48 bits per heavy atom. The van der Waals surface area contributed by atoms with Crippen LogP contribution in [0.4, 0.5) is 5.69 Å². The average molecular weight is 302 g/mol. The fraction of sp³-hybridized carbons (Fsp3) is 0.312. The van der Waals surface area contributed by atoms with Gasteiger partial charge in [-0.2, -0.15) is 0 Å². The minimum absolute atomic E-state index is 0.0373. The lowest BCUT2D eigenvalue weighted by molar-refractivity contribution is 0.0991. The molecule has 2 N–H and O–H groups in total. The average Bonchev–Trinajstić information content (AvgIpc) is 3.12. The molecule has 0 saturated heterocycles. The molecule has 4 nitrogen and oxygen atoms in total. The Hall–Kier alpha value is -1.85. The van der Waals surface area contributed by atoms with Gasteiger partial charge in [-0.1, -0.05) is 18.2 Å². The summed E-state index contributed by atoms with van der Waals surface area (Å²) in [5, 5.41) is 1.85. The predicted octanol–water partition coefficient (Wildman–Crippen LogP) is 2.85. The van der Waals surface area contributed by atoms with Crippen molar-refractivity contribution in [3.8, 4) is 5.75 Å². The SMILES string of the molecule is COc1csc(C(=O)N2CC(CCN)c3ccccc32)c1. The van der Waals surface area contributed by atoms with Crippen molar-refractivity contribution < 1.29 is 9.53 Å². The van der Waals surface area contributed by atoms with Crippen LogP contribution in [0.15, 0.2) is 35.7 Å². The zero-order chi connectivity index (χ0) is 14.8. The van der Waals surface area contributed by atoms with Crippen molar-refractivity contribution in [3.63, 3.8) is 0 Å². The minimum atomic E-state index is 0.0373.